The van der Waals surface area contributed by atoms with Crippen molar-refractivity contribution in [1.29, 1.82) is 0 Å². The Kier molecular flexibility index (Phi) is 12.1. The Morgan fingerprint density at radius 3 is 0.804 bits per heavy atom. The number of benzene rings is 4. The molecule has 0 aromatic heterocycles. The van der Waals surface area contributed by atoms with Crippen LogP contribution in [0.3, 0.4) is 0 Å². The molecular formula is C50H70N2O4. The summed E-state index contributed by atoms with van der Waals surface area (Å²) in [6.45, 7) is 31.2. The van der Waals surface area contributed by atoms with E-state index in [4.69, 9.17) is 20.9 Å². The largest absolute Gasteiger partial charge is 0.507 e. The van der Waals surface area contributed by atoms with Gasteiger partial charge in [0, 0.05) is 37.8 Å². The van der Waals surface area contributed by atoms with Crippen LogP contribution in [-0.2, 0) is 47.3 Å². The third-order valence-corrected chi connectivity index (χ3v) is 11.0. The van der Waals surface area contributed by atoms with Gasteiger partial charge in [-0.3, -0.25) is 0 Å². The summed E-state index contributed by atoms with van der Waals surface area (Å²) in [5.74, 6) is 2.09. The van der Waals surface area contributed by atoms with Crippen LogP contribution in [0, 0.1) is 0 Å². The predicted octanol–water partition coefficient (Wildman–Crippen LogP) is 10.4. The summed E-state index contributed by atoms with van der Waals surface area (Å²) in [5, 5.41) is 24.8. The first kappa shape index (κ1) is 43.1. The van der Waals surface area contributed by atoms with Crippen LogP contribution in [0.4, 0.5) is 0 Å². The lowest BCUT2D eigenvalue weighted by Gasteiger charge is -2.28. The Labute approximate surface area is 338 Å². The molecular weight excluding hydrogens is 693 g/mol. The summed E-state index contributed by atoms with van der Waals surface area (Å²) in [5.41, 5.74) is 23.9. The molecule has 0 radical (unpaired) electrons. The van der Waals surface area contributed by atoms with E-state index in [1.54, 1.807) is 0 Å². The van der Waals surface area contributed by atoms with Gasteiger partial charge in [0.2, 0.25) is 0 Å². The van der Waals surface area contributed by atoms with Crippen LogP contribution in [-0.4, -0.2) is 35.5 Å². The summed E-state index contributed by atoms with van der Waals surface area (Å²) >= 11 is 0. The third kappa shape index (κ3) is 9.92. The highest BCUT2D eigenvalue weighted by Crippen LogP contribution is 2.43. The molecule has 0 saturated heterocycles. The molecule has 56 heavy (non-hydrogen) atoms. The Morgan fingerprint density at radius 2 is 0.625 bits per heavy atom. The molecule has 2 atom stereocenters. The summed E-state index contributed by atoms with van der Waals surface area (Å²) < 4.78 is 13.4. The number of aromatic hydroxyl groups is 2. The van der Waals surface area contributed by atoms with Crippen molar-refractivity contribution < 1.29 is 19.7 Å². The Morgan fingerprint density at radius 1 is 0.429 bits per heavy atom. The highest BCUT2D eigenvalue weighted by atomic mass is 16.5. The normalized spacial score (nSPS) is 15.0. The van der Waals surface area contributed by atoms with Crippen molar-refractivity contribution in [2.75, 3.05) is 13.2 Å². The number of hydrogen-bond acceptors (Lipinski definition) is 6. The maximum atomic E-state index is 12.4. The van der Waals surface area contributed by atoms with E-state index in [9.17, 15) is 10.2 Å². The second kappa shape index (κ2) is 15.7. The van der Waals surface area contributed by atoms with Gasteiger partial charge in [0.1, 0.15) is 36.2 Å². The van der Waals surface area contributed by atoms with Crippen LogP contribution < -0.4 is 20.9 Å². The van der Waals surface area contributed by atoms with E-state index in [1.165, 1.54) is 0 Å². The van der Waals surface area contributed by atoms with Crippen LogP contribution in [0.1, 0.15) is 164 Å². The zero-order chi connectivity index (χ0) is 41.7. The molecule has 0 aliphatic heterocycles. The summed E-state index contributed by atoms with van der Waals surface area (Å²) in [6.07, 6.45) is 1.81. The first-order chi connectivity index (χ1) is 25.7. The van der Waals surface area contributed by atoms with Crippen molar-refractivity contribution in [3.05, 3.63) is 115 Å². The van der Waals surface area contributed by atoms with Crippen molar-refractivity contribution in [3.8, 4) is 23.0 Å². The van der Waals surface area contributed by atoms with Crippen molar-refractivity contribution in [2.45, 2.75) is 156 Å². The number of phenols is 2. The molecule has 0 amide bonds. The van der Waals surface area contributed by atoms with Crippen LogP contribution in [0.5, 0.6) is 23.0 Å². The topological polar surface area (TPSA) is 111 Å². The molecule has 6 nitrogen and oxygen atoms in total. The van der Waals surface area contributed by atoms with E-state index in [2.05, 4.69) is 132 Å². The lowest BCUT2D eigenvalue weighted by atomic mass is 9.79. The van der Waals surface area contributed by atoms with Gasteiger partial charge in [0.15, 0.2) is 0 Å². The Bertz CT molecular complexity index is 1820. The molecule has 5 rings (SSSR count). The van der Waals surface area contributed by atoms with Crippen molar-refractivity contribution in [3.63, 3.8) is 0 Å². The van der Waals surface area contributed by atoms with E-state index < -0.39 is 0 Å². The number of ether oxygens (including phenoxy) is 2. The fraction of sp³-hybridized carbons (Fsp3) is 0.520. The molecule has 0 saturated carbocycles. The van der Waals surface area contributed by atoms with Gasteiger partial charge >= 0.3 is 0 Å². The second-order valence-corrected chi connectivity index (χ2v) is 20.8. The van der Waals surface area contributed by atoms with E-state index in [1.807, 2.05) is 13.8 Å². The molecule has 0 unspecified atom stereocenters. The fourth-order valence-corrected chi connectivity index (χ4v) is 7.45. The number of rotatable bonds is 6. The fourth-order valence-electron chi connectivity index (χ4n) is 7.45. The standard InChI is InChI=1S/C50H70N2O4/c1-29(51)27-55-45-35-15-31-19-39(47(3,4)5)21-33(43(31)53)17-37-25-42(50(12,13)14)26-38(46(37)56-28-30(2)52)18-34-22-40(48(6,7)8)20-32(44(34)54)16-36(45)24-41(23-35)49(9,10)11/h19-26,29-30,53-54H,15-18,27-28,51-52H2,1-14H3/t29-,30-/m1/s1. The van der Waals surface area contributed by atoms with Gasteiger partial charge in [-0.05, 0) is 102 Å². The van der Waals surface area contributed by atoms with E-state index in [0.29, 0.717) is 38.9 Å². The highest BCUT2D eigenvalue weighted by molar-refractivity contribution is 5.59. The van der Waals surface area contributed by atoms with Crippen molar-refractivity contribution >= 4 is 0 Å². The second-order valence-electron chi connectivity index (χ2n) is 20.8. The van der Waals surface area contributed by atoms with Gasteiger partial charge < -0.3 is 31.2 Å². The number of nitrogens with two attached hydrogens (primary N) is 2. The number of phenolic OH excluding ortho intramolecular Hbond substituents is 2. The maximum Gasteiger partial charge on any atom is 0.126 e. The van der Waals surface area contributed by atoms with Gasteiger partial charge in [-0.25, -0.2) is 0 Å². The van der Waals surface area contributed by atoms with Crippen LogP contribution in [0.2, 0.25) is 0 Å². The van der Waals surface area contributed by atoms with Gasteiger partial charge in [-0.15, -0.1) is 0 Å². The lowest BCUT2D eigenvalue weighted by molar-refractivity contribution is 0.290. The average molecular weight is 763 g/mol. The summed E-state index contributed by atoms with van der Waals surface area (Å²) in [7, 11) is 0. The molecule has 0 fully saturated rings. The van der Waals surface area contributed by atoms with Gasteiger partial charge in [-0.1, -0.05) is 132 Å². The zero-order valence-corrected chi connectivity index (χ0v) is 36.9. The lowest BCUT2D eigenvalue weighted by Crippen LogP contribution is -2.25. The van der Waals surface area contributed by atoms with Crippen LogP contribution >= 0.6 is 0 Å². The first-order valence-electron chi connectivity index (χ1n) is 20.5. The molecule has 8 bridgehead atoms. The van der Waals surface area contributed by atoms with Gasteiger partial charge in [0.25, 0.3) is 0 Å². The predicted molar refractivity (Wildman–Crippen MR) is 233 cm³/mol. The summed E-state index contributed by atoms with van der Waals surface area (Å²) in [4.78, 5) is 0. The van der Waals surface area contributed by atoms with Crippen molar-refractivity contribution in [1.82, 2.24) is 0 Å². The molecule has 4 aromatic rings. The molecule has 0 heterocycles. The minimum Gasteiger partial charge on any atom is -0.507 e. The number of hydrogen-bond donors (Lipinski definition) is 4. The average Bonchev–Trinajstić information content (AvgIpc) is 3.04. The van der Waals surface area contributed by atoms with Crippen molar-refractivity contribution in [2.24, 2.45) is 11.5 Å². The molecule has 6 heteroatoms. The quantitative estimate of drug-likeness (QED) is 0.137. The molecule has 1 aliphatic carbocycles. The summed E-state index contributed by atoms with van der Waals surface area (Å²) in [6, 6.07) is 17.2. The van der Waals surface area contributed by atoms with Crippen LogP contribution in [0.15, 0.2) is 48.5 Å². The number of fused-ring (bicyclic) bond motifs is 8. The SMILES string of the molecule is C[C@@H](N)COc1c2cc(C(C)(C)C)cc1Cc1cc(C(C)(C)C)cc(c1O)Cc1cc(C(C)(C)C)cc(c1OC[C@@H](C)N)Cc1cc(C(C)(C)C)cc(c1O)C2. The monoisotopic (exact) mass is 763 g/mol. The third-order valence-electron chi connectivity index (χ3n) is 11.0. The highest BCUT2D eigenvalue weighted by Gasteiger charge is 2.28. The Hall–Kier alpha value is -4.00. The van der Waals surface area contributed by atoms with E-state index in [-0.39, 0.29) is 45.2 Å². The van der Waals surface area contributed by atoms with Gasteiger partial charge in [-0.2, -0.15) is 0 Å². The minimum atomic E-state index is -0.185. The van der Waals surface area contributed by atoms with E-state index >= 15 is 0 Å². The van der Waals surface area contributed by atoms with Crippen LogP contribution in [0.25, 0.3) is 0 Å². The molecule has 1 aliphatic rings. The Balaban J connectivity index is 1.95. The molecule has 0 spiro atoms. The van der Waals surface area contributed by atoms with E-state index in [0.717, 1.165) is 78.3 Å². The van der Waals surface area contributed by atoms with Gasteiger partial charge in [0.05, 0.1) is 0 Å². The molecule has 6 N–H and O–H groups in total. The molecule has 4 aromatic carbocycles. The smallest absolute Gasteiger partial charge is 0.126 e. The zero-order valence-electron chi connectivity index (χ0n) is 36.9. The maximum absolute atomic E-state index is 12.4. The molecule has 304 valence electrons. The minimum absolute atomic E-state index is 0.171. The first-order valence-corrected chi connectivity index (χ1v) is 20.5.